The molecule has 0 aliphatic rings. The summed E-state index contributed by atoms with van der Waals surface area (Å²) in [6.07, 6.45) is 1.57. The van der Waals surface area contributed by atoms with Crippen molar-refractivity contribution in [3.05, 3.63) is 45.3 Å². The zero-order valence-electron chi connectivity index (χ0n) is 10.4. The van der Waals surface area contributed by atoms with Crippen molar-refractivity contribution in [3.63, 3.8) is 0 Å². The van der Waals surface area contributed by atoms with Crippen LogP contribution in [0.15, 0.2) is 24.5 Å². The average Bonchev–Trinajstić information content (AvgIpc) is 2.75. The summed E-state index contributed by atoms with van der Waals surface area (Å²) in [7, 11) is 1.81. The van der Waals surface area contributed by atoms with Crippen LogP contribution in [0, 0.1) is 9.39 Å². The molecule has 19 heavy (non-hydrogen) atoms. The van der Waals surface area contributed by atoms with Gasteiger partial charge in [-0.3, -0.25) is 4.79 Å². The highest BCUT2D eigenvalue weighted by molar-refractivity contribution is 14.1. The average molecular weight is 374 g/mol. The molecule has 0 radical (unpaired) electrons. The predicted molar refractivity (Wildman–Crippen MR) is 76.0 cm³/mol. The predicted octanol–water partition coefficient (Wildman–Crippen LogP) is 2.05. The maximum absolute atomic E-state index is 13.0. The van der Waals surface area contributed by atoms with Gasteiger partial charge >= 0.3 is 0 Å². The Morgan fingerprint density at radius 3 is 2.84 bits per heavy atom. The molecule has 0 fully saturated rings. The number of rotatable bonds is 3. The van der Waals surface area contributed by atoms with E-state index in [2.05, 4.69) is 15.5 Å². The number of nitrogens with one attached hydrogen (secondary N) is 1. The summed E-state index contributed by atoms with van der Waals surface area (Å²) in [6.45, 7) is 1.82. The third-order valence-electron chi connectivity index (χ3n) is 2.66. The summed E-state index contributed by atoms with van der Waals surface area (Å²) in [5.74, 6) is 0.0349. The molecular weight excluding hydrogens is 362 g/mol. The highest BCUT2D eigenvalue weighted by Gasteiger charge is 2.17. The van der Waals surface area contributed by atoms with Gasteiger partial charge in [-0.1, -0.05) is 0 Å². The summed E-state index contributed by atoms with van der Waals surface area (Å²) >= 11 is 1.93. The van der Waals surface area contributed by atoms with Crippen LogP contribution < -0.4 is 5.32 Å². The number of nitrogens with zero attached hydrogens (tertiary/aromatic N) is 3. The van der Waals surface area contributed by atoms with Crippen molar-refractivity contribution in [1.82, 2.24) is 20.1 Å². The Balaban J connectivity index is 2.15. The first-order chi connectivity index (χ1) is 8.99. The molecule has 100 valence electrons. The van der Waals surface area contributed by atoms with E-state index in [0.717, 1.165) is 0 Å². The lowest BCUT2D eigenvalue weighted by atomic mass is 10.2. The van der Waals surface area contributed by atoms with E-state index in [-0.39, 0.29) is 17.8 Å². The molecule has 0 saturated heterocycles. The van der Waals surface area contributed by atoms with Gasteiger partial charge in [0.15, 0.2) is 5.82 Å². The minimum Gasteiger partial charge on any atom is -0.342 e. The first kappa shape index (κ1) is 13.9. The van der Waals surface area contributed by atoms with Gasteiger partial charge in [0.1, 0.15) is 12.1 Å². The summed E-state index contributed by atoms with van der Waals surface area (Å²) in [5.41, 5.74) is 0.441. The van der Waals surface area contributed by atoms with Crippen LogP contribution in [0.25, 0.3) is 0 Å². The number of halogens is 2. The van der Waals surface area contributed by atoms with E-state index in [1.165, 1.54) is 18.2 Å². The Bertz CT molecular complexity index is 614. The molecule has 0 bridgehead atoms. The molecule has 2 rings (SSSR count). The van der Waals surface area contributed by atoms with Crippen molar-refractivity contribution < 1.29 is 9.18 Å². The van der Waals surface area contributed by atoms with Crippen LogP contribution in [-0.4, -0.2) is 20.7 Å². The second-order valence-electron chi connectivity index (χ2n) is 4.12. The fourth-order valence-corrected chi connectivity index (χ4v) is 2.42. The lowest BCUT2D eigenvalue weighted by Gasteiger charge is -2.13. The van der Waals surface area contributed by atoms with Crippen molar-refractivity contribution in [3.8, 4) is 0 Å². The van der Waals surface area contributed by atoms with E-state index in [1.807, 2.05) is 29.5 Å². The monoisotopic (exact) mass is 374 g/mol. The summed E-state index contributed by atoms with van der Waals surface area (Å²) < 4.78 is 15.3. The first-order valence-electron chi connectivity index (χ1n) is 5.59. The van der Waals surface area contributed by atoms with Gasteiger partial charge in [-0.15, -0.1) is 10.2 Å². The van der Waals surface area contributed by atoms with Gasteiger partial charge in [0, 0.05) is 10.6 Å². The van der Waals surface area contributed by atoms with Gasteiger partial charge in [-0.25, -0.2) is 4.39 Å². The summed E-state index contributed by atoms with van der Waals surface area (Å²) in [4.78, 5) is 12.1. The molecule has 1 aromatic heterocycles. The molecule has 1 N–H and O–H groups in total. The van der Waals surface area contributed by atoms with Crippen molar-refractivity contribution in [2.24, 2.45) is 7.05 Å². The number of aromatic nitrogens is 3. The van der Waals surface area contributed by atoms with E-state index in [1.54, 1.807) is 17.9 Å². The van der Waals surface area contributed by atoms with Crippen molar-refractivity contribution in [1.29, 1.82) is 0 Å². The smallest absolute Gasteiger partial charge is 0.252 e. The van der Waals surface area contributed by atoms with Crippen LogP contribution in [-0.2, 0) is 7.05 Å². The van der Waals surface area contributed by atoms with Crippen LogP contribution in [0.5, 0.6) is 0 Å². The van der Waals surface area contributed by atoms with E-state index in [9.17, 15) is 9.18 Å². The zero-order valence-corrected chi connectivity index (χ0v) is 12.6. The number of benzene rings is 1. The van der Waals surface area contributed by atoms with Gasteiger partial charge in [0.05, 0.1) is 11.6 Å². The van der Waals surface area contributed by atoms with Gasteiger partial charge in [-0.2, -0.15) is 0 Å². The largest absolute Gasteiger partial charge is 0.342 e. The van der Waals surface area contributed by atoms with Crippen LogP contribution >= 0.6 is 22.6 Å². The number of amides is 1. The lowest BCUT2D eigenvalue weighted by Crippen LogP contribution is -2.29. The Morgan fingerprint density at radius 1 is 1.53 bits per heavy atom. The van der Waals surface area contributed by atoms with Crippen LogP contribution in [0.2, 0.25) is 0 Å². The highest BCUT2D eigenvalue weighted by Crippen LogP contribution is 2.15. The molecular formula is C12H12FIN4O. The van der Waals surface area contributed by atoms with E-state index >= 15 is 0 Å². The van der Waals surface area contributed by atoms with E-state index in [4.69, 9.17) is 0 Å². The minimum atomic E-state index is -0.359. The Kier molecular flexibility index (Phi) is 4.13. The number of carbonyl (C=O) groups is 1. The van der Waals surface area contributed by atoms with Gasteiger partial charge in [0.2, 0.25) is 0 Å². The van der Waals surface area contributed by atoms with Crippen molar-refractivity contribution in [2.45, 2.75) is 13.0 Å². The van der Waals surface area contributed by atoms with Gasteiger partial charge < -0.3 is 9.88 Å². The Hall–Kier alpha value is -1.51. The number of carbonyl (C=O) groups excluding carboxylic acids is 1. The molecule has 0 spiro atoms. The normalized spacial score (nSPS) is 12.2. The SMILES string of the molecule is CC(NC(=O)c1ccc(F)cc1I)c1nncn1C. The van der Waals surface area contributed by atoms with Crippen molar-refractivity contribution >= 4 is 28.5 Å². The second kappa shape index (κ2) is 5.64. The Labute approximate surface area is 123 Å². The molecule has 0 aliphatic heterocycles. The fourth-order valence-electron chi connectivity index (χ4n) is 1.70. The topological polar surface area (TPSA) is 59.8 Å². The van der Waals surface area contributed by atoms with Crippen LogP contribution in [0.1, 0.15) is 29.1 Å². The van der Waals surface area contributed by atoms with Gasteiger partial charge in [0.25, 0.3) is 5.91 Å². The van der Waals surface area contributed by atoms with Gasteiger partial charge in [-0.05, 0) is 47.7 Å². The summed E-state index contributed by atoms with van der Waals surface area (Å²) in [6, 6.07) is 3.78. The molecule has 1 aromatic carbocycles. The fraction of sp³-hybridized carbons (Fsp3) is 0.250. The second-order valence-corrected chi connectivity index (χ2v) is 5.28. The van der Waals surface area contributed by atoms with Crippen molar-refractivity contribution in [2.75, 3.05) is 0 Å². The number of hydrogen-bond acceptors (Lipinski definition) is 3. The Morgan fingerprint density at radius 2 is 2.26 bits per heavy atom. The molecule has 1 atom stereocenters. The first-order valence-corrected chi connectivity index (χ1v) is 6.66. The molecule has 0 saturated carbocycles. The molecule has 2 aromatic rings. The highest BCUT2D eigenvalue weighted by atomic mass is 127. The number of aryl methyl sites for hydroxylation is 1. The van der Waals surface area contributed by atoms with Crippen LogP contribution in [0.3, 0.4) is 0 Å². The molecule has 1 heterocycles. The molecule has 1 amide bonds. The lowest BCUT2D eigenvalue weighted by molar-refractivity contribution is 0.0937. The maximum Gasteiger partial charge on any atom is 0.252 e. The maximum atomic E-state index is 13.0. The molecule has 5 nitrogen and oxygen atoms in total. The van der Waals surface area contributed by atoms with E-state index in [0.29, 0.717) is 15.0 Å². The zero-order chi connectivity index (χ0) is 14.0. The minimum absolute atomic E-state index is 0.264. The molecule has 0 aliphatic carbocycles. The quantitative estimate of drug-likeness (QED) is 0.837. The number of hydrogen-bond donors (Lipinski definition) is 1. The van der Waals surface area contributed by atoms with Crippen LogP contribution in [0.4, 0.5) is 4.39 Å². The van der Waals surface area contributed by atoms with E-state index < -0.39 is 0 Å². The summed E-state index contributed by atoms with van der Waals surface area (Å²) in [5, 5.41) is 10.5. The standard InChI is InChI=1S/C12H12FIN4O/c1-7(11-17-15-6-18(11)2)16-12(19)9-4-3-8(13)5-10(9)14/h3-7H,1-2H3,(H,16,19). The molecule has 7 heteroatoms. The third-order valence-corrected chi connectivity index (χ3v) is 3.55. The molecule has 1 unspecified atom stereocenters. The third kappa shape index (κ3) is 3.09.